The molecule has 0 aliphatic rings. The van der Waals surface area contributed by atoms with E-state index >= 15 is 0 Å². The first-order valence-corrected chi connectivity index (χ1v) is 6.62. The minimum atomic E-state index is 0. The Morgan fingerprint density at radius 2 is 2.24 bits per heavy atom. The lowest BCUT2D eigenvalue weighted by Crippen LogP contribution is -1.94. The summed E-state index contributed by atoms with van der Waals surface area (Å²) >= 11 is 8.14. The van der Waals surface area contributed by atoms with Crippen LogP contribution in [-0.2, 0) is 4.74 Å². The van der Waals surface area contributed by atoms with Crippen molar-refractivity contribution in [2.75, 3.05) is 12.8 Å². The first-order chi connectivity index (χ1) is 7.61. The predicted molar refractivity (Wildman–Crippen MR) is 83.6 cm³/mol. The molecule has 0 radical (unpaired) electrons. The number of nitrogen functional groups attached to an aromatic ring is 1. The van der Waals surface area contributed by atoms with Gasteiger partial charge in [0, 0.05) is 15.8 Å². The fourth-order valence-electron chi connectivity index (χ4n) is 1.35. The molecule has 92 valence electrons. The van der Waals surface area contributed by atoms with Crippen LogP contribution >= 0.6 is 51.9 Å². The maximum atomic E-state index is 5.62. The van der Waals surface area contributed by atoms with Crippen LogP contribution in [0.25, 0.3) is 11.3 Å². The van der Waals surface area contributed by atoms with Gasteiger partial charge in [0.25, 0.3) is 0 Å². The maximum absolute atomic E-state index is 5.62. The van der Waals surface area contributed by atoms with E-state index < -0.39 is 0 Å². The number of nitrogens with zero attached hydrogens (tertiary/aromatic N) is 1. The Kier molecular flexibility index (Phi) is 5.05. The van der Waals surface area contributed by atoms with Gasteiger partial charge in [0.2, 0.25) is 5.05 Å². The number of aromatic nitrogens is 1. The lowest BCUT2D eigenvalue weighted by Gasteiger charge is -1.95. The Morgan fingerprint density at radius 1 is 1.53 bits per heavy atom. The summed E-state index contributed by atoms with van der Waals surface area (Å²) in [4.78, 5) is 6.38. The number of halogens is 1. The minimum Gasteiger partial charge on any atom is -0.486 e. The SMILES string of the molecule is Br.COC(=S)c1cc(-c2csc(N)n2)c(C)s1. The van der Waals surface area contributed by atoms with Gasteiger partial charge in [-0.1, -0.05) is 0 Å². The number of nitrogens with two attached hydrogens (primary N) is 1. The lowest BCUT2D eigenvalue weighted by atomic mass is 10.2. The van der Waals surface area contributed by atoms with Crippen molar-refractivity contribution in [2.45, 2.75) is 6.92 Å². The van der Waals surface area contributed by atoms with Crippen LogP contribution in [-0.4, -0.2) is 17.1 Å². The largest absolute Gasteiger partial charge is 0.486 e. The molecule has 0 aliphatic heterocycles. The van der Waals surface area contributed by atoms with Crippen LogP contribution < -0.4 is 5.73 Å². The van der Waals surface area contributed by atoms with Crippen molar-refractivity contribution >= 4 is 62.1 Å². The molecular weight excluding hydrogens is 340 g/mol. The molecule has 0 unspecified atom stereocenters. The Hall–Kier alpha value is -0.500. The summed E-state index contributed by atoms with van der Waals surface area (Å²) in [5.41, 5.74) is 7.60. The van der Waals surface area contributed by atoms with Crippen molar-refractivity contribution in [3.8, 4) is 11.3 Å². The van der Waals surface area contributed by atoms with E-state index in [9.17, 15) is 0 Å². The second kappa shape index (κ2) is 5.90. The van der Waals surface area contributed by atoms with Crippen molar-refractivity contribution in [1.82, 2.24) is 4.98 Å². The summed E-state index contributed by atoms with van der Waals surface area (Å²) in [5.74, 6) is 0. The van der Waals surface area contributed by atoms with Crippen LogP contribution in [0.5, 0.6) is 0 Å². The summed E-state index contributed by atoms with van der Waals surface area (Å²) in [6.07, 6.45) is 0. The van der Waals surface area contributed by atoms with Gasteiger partial charge in [0.05, 0.1) is 17.7 Å². The molecule has 0 saturated heterocycles. The molecule has 0 aliphatic carbocycles. The Labute approximate surface area is 123 Å². The standard InChI is InChI=1S/C10H10N2OS3.BrH/c1-5-6(7-4-15-10(11)12-7)3-8(16-5)9(14)13-2;/h3-4H,1-2H3,(H2,11,12);1H. The van der Waals surface area contributed by atoms with Gasteiger partial charge in [0.1, 0.15) is 0 Å². The molecule has 0 amide bonds. The monoisotopic (exact) mass is 350 g/mol. The van der Waals surface area contributed by atoms with Crippen LogP contribution in [0, 0.1) is 6.92 Å². The second-order valence-corrected chi connectivity index (χ2v) is 5.66. The van der Waals surface area contributed by atoms with Crippen LogP contribution in [0.4, 0.5) is 5.13 Å². The molecule has 7 heteroatoms. The summed E-state index contributed by atoms with van der Waals surface area (Å²) in [6, 6.07) is 2.00. The normalized spacial score (nSPS) is 9.76. The molecule has 0 aromatic carbocycles. The van der Waals surface area contributed by atoms with E-state index in [1.807, 2.05) is 18.4 Å². The van der Waals surface area contributed by atoms with Gasteiger partial charge in [-0.15, -0.1) is 39.7 Å². The molecule has 0 atom stereocenters. The smallest absolute Gasteiger partial charge is 0.201 e. The Bertz CT molecular complexity index is 535. The van der Waals surface area contributed by atoms with E-state index in [1.165, 1.54) is 16.2 Å². The van der Waals surface area contributed by atoms with E-state index in [2.05, 4.69) is 4.98 Å². The highest BCUT2D eigenvalue weighted by atomic mass is 79.9. The van der Waals surface area contributed by atoms with E-state index in [4.69, 9.17) is 22.7 Å². The van der Waals surface area contributed by atoms with Gasteiger partial charge < -0.3 is 10.5 Å². The molecule has 2 N–H and O–H groups in total. The van der Waals surface area contributed by atoms with Crippen molar-refractivity contribution in [2.24, 2.45) is 0 Å². The molecule has 0 fully saturated rings. The van der Waals surface area contributed by atoms with Crippen molar-refractivity contribution in [1.29, 1.82) is 0 Å². The highest BCUT2D eigenvalue weighted by Gasteiger charge is 2.13. The fraction of sp³-hybridized carbons (Fsp3) is 0.200. The van der Waals surface area contributed by atoms with Crippen LogP contribution in [0.15, 0.2) is 11.4 Å². The van der Waals surface area contributed by atoms with Crippen molar-refractivity contribution < 1.29 is 4.74 Å². The molecule has 3 nitrogen and oxygen atoms in total. The fourth-order valence-corrected chi connectivity index (χ4v) is 3.04. The molecular formula is C10H11BrN2OS3. The molecule has 2 rings (SSSR count). The van der Waals surface area contributed by atoms with Crippen LogP contribution in [0.2, 0.25) is 0 Å². The maximum Gasteiger partial charge on any atom is 0.201 e. The number of ether oxygens (including phenoxy) is 1. The van der Waals surface area contributed by atoms with Crippen LogP contribution in [0.3, 0.4) is 0 Å². The number of thiocarbonyl (C=S) groups is 1. The number of anilines is 1. The zero-order valence-corrected chi connectivity index (χ0v) is 13.4. The average Bonchev–Trinajstić information content (AvgIpc) is 2.83. The number of methoxy groups -OCH3 is 1. The van der Waals surface area contributed by atoms with Gasteiger partial charge in [-0.2, -0.15) is 0 Å². The van der Waals surface area contributed by atoms with Crippen LogP contribution in [0.1, 0.15) is 9.75 Å². The van der Waals surface area contributed by atoms with E-state index in [1.54, 1.807) is 18.4 Å². The van der Waals surface area contributed by atoms with E-state index in [-0.39, 0.29) is 17.0 Å². The summed E-state index contributed by atoms with van der Waals surface area (Å²) in [5, 5.41) is 3.04. The first kappa shape index (κ1) is 14.6. The number of hydrogen-bond acceptors (Lipinski definition) is 6. The average molecular weight is 351 g/mol. The number of rotatable bonds is 2. The third-order valence-electron chi connectivity index (χ3n) is 2.10. The number of hydrogen-bond donors (Lipinski definition) is 1. The Morgan fingerprint density at radius 3 is 2.76 bits per heavy atom. The van der Waals surface area contributed by atoms with Gasteiger partial charge in [-0.05, 0) is 25.2 Å². The molecule has 2 aromatic rings. The second-order valence-electron chi connectivity index (χ2n) is 3.14. The topological polar surface area (TPSA) is 48.1 Å². The van der Waals surface area contributed by atoms with Gasteiger partial charge in [-0.3, -0.25) is 0 Å². The van der Waals surface area contributed by atoms with E-state index in [0.717, 1.165) is 16.1 Å². The number of aryl methyl sites for hydroxylation is 1. The minimum absolute atomic E-state index is 0. The quantitative estimate of drug-likeness (QED) is 0.839. The molecule has 17 heavy (non-hydrogen) atoms. The molecule has 2 heterocycles. The summed E-state index contributed by atoms with van der Waals surface area (Å²) in [7, 11) is 1.58. The number of thiazole rings is 1. The Balaban J connectivity index is 0.00000144. The zero-order valence-electron chi connectivity index (χ0n) is 9.22. The summed E-state index contributed by atoms with van der Waals surface area (Å²) < 4.78 is 5.05. The van der Waals surface area contributed by atoms with Crippen molar-refractivity contribution in [3.05, 3.63) is 21.2 Å². The molecule has 2 aromatic heterocycles. The molecule has 0 bridgehead atoms. The third kappa shape index (κ3) is 3.04. The lowest BCUT2D eigenvalue weighted by molar-refractivity contribution is 0.417. The van der Waals surface area contributed by atoms with E-state index in [0.29, 0.717) is 10.2 Å². The highest BCUT2D eigenvalue weighted by Crippen LogP contribution is 2.32. The first-order valence-electron chi connectivity index (χ1n) is 4.52. The zero-order chi connectivity index (χ0) is 11.7. The third-order valence-corrected chi connectivity index (χ3v) is 4.34. The van der Waals surface area contributed by atoms with Gasteiger partial charge >= 0.3 is 0 Å². The number of thiophene rings is 1. The van der Waals surface area contributed by atoms with Gasteiger partial charge in [0.15, 0.2) is 5.13 Å². The molecule has 0 saturated carbocycles. The highest BCUT2D eigenvalue weighted by molar-refractivity contribution is 8.93. The van der Waals surface area contributed by atoms with Gasteiger partial charge in [-0.25, -0.2) is 4.98 Å². The van der Waals surface area contributed by atoms with Crippen molar-refractivity contribution in [3.63, 3.8) is 0 Å². The predicted octanol–water partition coefficient (Wildman–Crippen LogP) is 3.66. The molecule has 0 spiro atoms. The summed E-state index contributed by atoms with van der Waals surface area (Å²) in [6.45, 7) is 2.04.